The van der Waals surface area contributed by atoms with Gasteiger partial charge >= 0.3 is 0 Å². The van der Waals surface area contributed by atoms with E-state index in [1.807, 2.05) is 43.3 Å². The van der Waals surface area contributed by atoms with Crippen molar-refractivity contribution >= 4 is 0 Å². The zero-order valence-electron chi connectivity index (χ0n) is 8.77. The summed E-state index contributed by atoms with van der Waals surface area (Å²) in [5, 5.41) is 8.15. The summed E-state index contributed by atoms with van der Waals surface area (Å²) in [6.07, 6.45) is 0. The van der Waals surface area contributed by atoms with Gasteiger partial charge < -0.3 is 4.74 Å². The minimum Gasteiger partial charge on any atom is -0.496 e. The van der Waals surface area contributed by atoms with Crippen LogP contribution in [-0.4, -0.2) is 17.3 Å². The summed E-state index contributed by atoms with van der Waals surface area (Å²) in [5.74, 6) is 0.815. The summed E-state index contributed by atoms with van der Waals surface area (Å²) in [6.45, 7) is 1.92. The number of benzene rings is 1. The van der Waals surface area contributed by atoms with E-state index in [1.54, 1.807) is 7.11 Å². The van der Waals surface area contributed by atoms with Crippen molar-refractivity contribution in [2.24, 2.45) is 0 Å². The number of nitrogens with zero attached hydrogens (tertiary/aromatic N) is 2. The molecule has 1 heterocycles. The first-order chi connectivity index (χ1) is 7.31. The summed E-state index contributed by atoms with van der Waals surface area (Å²) in [7, 11) is 1.65. The molecule has 0 aliphatic heterocycles. The Hall–Kier alpha value is -1.90. The number of ether oxygens (including phenoxy) is 1. The molecule has 15 heavy (non-hydrogen) atoms. The van der Waals surface area contributed by atoms with Gasteiger partial charge in [-0.25, -0.2) is 0 Å². The van der Waals surface area contributed by atoms with Gasteiger partial charge in [0.25, 0.3) is 0 Å². The van der Waals surface area contributed by atoms with Crippen LogP contribution < -0.4 is 4.74 Å². The molecule has 3 nitrogen and oxygen atoms in total. The molecule has 0 atom stereocenters. The summed E-state index contributed by atoms with van der Waals surface area (Å²) in [4.78, 5) is 0. The molecule has 3 heteroatoms. The van der Waals surface area contributed by atoms with Crippen LogP contribution in [0.15, 0.2) is 36.4 Å². The van der Waals surface area contributed by atoms with Gasteiger partial charge in [0.05, 0.1) is 18.5 Å². The van der Waals surface area contributed by atoms with Gasteiger partial charge in [-0.3, -0.25) is 0 Å². The van der Waals surface area contributed by atoms with E-state index in [4.69, 9.17) is 4.74 Å². The summed E-state index contributed by atoms with van der Waals surface area (Å²) >= 11 is 0. The number of para-hydroxylation sites is 1. The van der Waals surface area contributed by atoms with Gasteiger partial charge in [-0.05, 0) is 31.2 Å². The SMILES string of the molecule is COc1ccccc1-c1ccc(C)nn1. The lowest BCUT2D eigenvalue weighted by Crippen LogP contribution is -1.92. The molecule has 0 bridgehead atoms. The molecular formula is C12H12N2O. The monoisotopic (exact) mass is 200 g/mol. The molecule has 0 amide bonds. The van der Waals surface area contributed by atoms with Crippen molar-refractivity contribution in [1.82, 2.24) is 10.2 Å². The number of rotatable bonds is 2. The molecule has 0 saturated heterocycles. The fourth-order valence-corrected chi connectivity index (χ4v) is 1.40. The first-order valence-corrected chi connectivity index (χ1v) is 4.75. The lowest BCUT2D eigenvalue weighted by atomic mass is 10.1. The van der Waals surface area contributed by atoms with Gasteiger partial charge in [-0.1, -0.05) is 12.1 Å². The van der Waals surface area contributed by atoms with E-state index in [0.29, 0.717) is 0 Å². The number of aryl methyl sites for hydroxylation is 1. The number of aromatic nitrogens is 2. The van der Waals surface area contributed by atoms with E-state index in [2.05, 4.69) is 10.2 Å². The van der Waals surface area contributed by atoms with Crippen LogP contribution in [0.2, 0.25) is 0 Å². The fraction of sp³-hybridized carbons (Fsp3) is 0.167. The number of methoxy groups -OCH3 is 1. The standard InChI is InChI=1S/C12H12N2O/c1-9-7-8-11(14-13-9)10-5-3-4-6-12(10)15-2/h3-8H,1-2H3. The van der Waals surface area contributed by atoms with Gasteiger partial charge in [0.1, 0.15) is 5.75 Å². The smallest absolute Gasteiger partial charge is 0.128 e. The van der Waals surface area contributed by atoms with Gasteiger partial charge in [-0.15, -0.1) is 0 Å². The van der Waals surface area contributed by atoms with Crippen molar-refractivity contribution < 1.29 is 4.74 Å². The first-order valence-electron chi connectivity index (χ1n) is 4.75. The van der Waals surface area contributed by atoms with Crippen LogP contribution in [0.25, 0.3) is 11.3 Å². The molecule has 1 aromatic carbocycles. The van der Waals surface area contributed by atoms with Gasteiger partial charge in [0, 0.05) is 5.56 Å². The maximum atomic E-state index is 5.26. The van der Waals surface area contributed by atoms with Gasteiger partial charge in [-0.2, -0.15) is 10.2 Å². The molecule has 0 radical (unpaired) electrons. The van der Waals surface area contributed by atoms with Crippen LogP contribution in [0, 0.1) is 6.92 Å². The van der Waals surface area contributed by atoms with Crippen molar-refractivity contribution in [1.29, 1.82) is 0 Å². The third kappa shape index (κ3) is 1.96. The zero-order valence-corrected chi connectivity index (χ0v) is 8.77. The molecular weight excluding hydrogens is 188 g/mol. The van der Waals surface area contributed by atoms with E-state index in [1.165, 1.54) is 0 Å². The molecule has 0 saturated carbocycles. The predicted molar refractivity (Wildman–Crippen MR) is 58.8 cm³/mol. The Labute approximate surface area is 88.7 Å². The number of hydrogen-bond acceptors (Lipinski definition) is 3. The predicted octanol–water partition coefficient (Wildman–Crippen LogP) is 2.46. The van der Waals surface area contributed by atoms with Crippen molar-refractivity contribution in [3.8, 4) is 17.0 Å². The molecule has 1 aromatic heterocycles. The Bertz CT molecular complexity index is 451. The molecule has 2 rings (SSSR count). The molecule has 0 fully saturated rings. The Balaban J connectivity index is 2.49. The zero-order chi connectivity index (χ0) is 10.7. The Morgan fingerprint density at radius 1 is 1.00 bits per heavy atom. The van der Waals surface area contributed by atoms with E-state index in [-0.39, 0.29) is 0 Å². The van der Waals surface area contributed by atoms with Gasteiger partial charge in [0.2, 0.25) is 0 Å². The Morgan fingerprint density at radius 2 is 1.80 bits per heavy atom. The molecule has 0 N–H and O–H groups in total. The Kier molecular flexibility index (Phi) is 2.63. The highest BCUT2D eigenvalue weighted by Gasteiger charge is 2.05. The topological polar surface area (TPSA) is 35.0 Å². The fourth-order valence-electron chi connectivity index (χ4n) is 1.40. The average molecular weight is 200 g/mol. The van der Waals surface area contributed by atoms with E-state index in [0.717, 1.165) is 22.7 Å². The van der Waals surface area contributed by atoms with Crippen molar-refractivity contribution in [2.75, 3.05) is 7.11 Å². The highest BCUT2D eigenvalue weighted by atomic mass is 16.5. The van der Waals surface area contributed by atoms with Crippen LogP contribution in [-0.2, 0) is 0 Å². The quantitative estimate of drug-likeness (QED) is 0.747. The third-order valence-corrected chi connectivity index (χ3v) is 2.18. The minimum atomic E-state index is 0.815. The second kappa shape index (κ2) is 4.09. The molecule has 0 aliphatic carbocycles. The lowest BCUT2D eigenvalue weighted by molar-refractivity contribution is 0.416. The summed E-state index contributed by atoms with van der Waals surface area (Å²) in [6, 6.07) is 11.7. The second-order valence-electron chi connectivity index (χ2n) is 3.26. The van der Waals surface area contributed by atoms with E-state index < -0.39 is 0 Å². The van der Waals surface area contributed by atoms with Crippen LogP contribution in [0.3, 0.4) is 0 Å². The van der Waals surface area contributed by atoms with E-state index in [9.17, 15) is 0 Å². The van der Waals surface area contributed by atoms with Crippen molar-refractivity contribution in [2.45, 2.75) is 6.92 Å². The highest BCUT2D eigenvalue weighted by molar-refractivity contribution is 5.66. The maximum Gasteiger partial charge on any atom is 0.128 e. The molecule has 0 aliphatic rings. The van der Waals surface area contributed by atoms with Crippen LogP contribution >= 0.6 is 0 Å². The Morgan fingerprint density at radius 3 is 2.47 bits per heavy atom. The maximum absolute atomic E-state index is 5.26. The average Bonchev–Trinajstić information content (AvgIpc) is 2.30. The van der Waals surface area contributed by atoms with E-state index >= 15 is 0 Å². The molecule has 2 aromatic rings. The van der Waals surface area contributed by atoms with Crippen molar-refractivity contribution in [3.63, 3.8) is 0 Å². The molecule has 0 unspecified atom stereocenters. The summed E-state index contributed by atoms with van der Waals surface area (Å²) in [5.41, 5.74) is 2.71. The normalized spacial score (nSPS) is 10.0. The highest BCUT2D eigenvalue weighted by Crippen LogP contribution is 2.27. The van der Waals surface area contributed by atoms with Crippen LogP contribution in [0.4, 0.5) is 0 Å². The van der Waals surface area contributed by atoms with Crippen molar-refractivity contribution in [3.05, 3.63) is 42.1 Å². The number of hydrogen-bond donors (Lipinski definition) is 0. The minimum absolute atomic E-state index is 0.815. The third-order valence-electron chi connectivity index (χ3n) is 2.18. The lowest BCUT2D eigenvalue weighted by Gasteiger charge is -2.06. The largest absolute Gasteiger partial charge is 0.496 e. The molecule has 0 spiro atoms. The first kappa shape index (κ1) is 9.65. The second-order valence-corrected chi connectivity index (χ2v) is 3.26. The summed E-state index contributed by atoms with van der Waals surface area (Å²) < 4.78 is 5.26. The van der Waals surface area contributed by atoms with Crippen LogP contribution in [0.1, 0.15) is 5.69 Å². The molecule has 76 valence electrons. The van der Waals surface area contributed by atoms with Crippen LogP contribution in [0.5, 0.6) is 5.75 Å². The van der Waals surface area contributed by atoms with Gasteiger partial charge in [0.15, 0.2) is 0 Å².